The molecule has 2 aromatic carbocycles. The number of aromatic nitrogens is 1. The van der Waals surface area contributed by atoms with Crippen LogP contribution in [0, 0.1) is 0 Å². The van der Waals surface area contributed by atoms with E-state index in [0.29, 0.717) is 6.42 Å². The Kier molecular flexibility index (Phi) is 4.56. The monoisotopic (exact) mass is 299 g/mol. The second-order valence-electron chi connectivity index (χ2n) is 5.25. The number of hydrogen-bond donors (Lipinski definition) is 0. The first kappa shape index (κ1) is 14.2. The van der Waals surface area contributed by atoms with Crippen molar-refractivity contribution in [3.63, 3.8) is 0 Å². The first-order valence-electron chi connectivity index (χ1n) is 7.34. The largest absolute Gasteiger partial charge is 0.441 e. The van der Waals surface area contributed by atoms with Crippen LogP contribution < -0.4 is 0 Å². The molecule has 108 valence electrons. The van der Waals surface area contributed by atoms with Gasteiger partial charge in [0.25, 0.3) is 0 Å². The number of nitrogens with zero attached hydrogens (tertiary/aromatic N) is 1. The SMILES string of the molecule is ClC(CCCc1ccccc1)Cc1nc2ccccc2o1. The second kappa shape index (κ2) is 6.77. The highest BCUT2D eigenvalue weighted by Gasteiger charge is 2.11. The molecule has 0 N–H and O–H groups in total. The molecule has 0 aliphatic heterocycles. The molecule has 0 bridgehead atoms. The van der Waals surface area contributed by atoms with Gasteiger partial charge < -0.3 is 4.42 Å². The lowest BCUT2D eigenvalue weighted by molar-refractivity contribution is 0.513. The van der Waals surface area contributed by atoms with Crippen LogP contribution in [0.4, 0.5) is 0 Å². The number of rotatable bonds is 6. The van der Waals surface area contributed by atoms with Gasteiger partial charge in [-0.3, -0.25) is 0 Å². The maximum atomic E-state index is 6.41. The normalized spacial score (nSPS) is 12.6. The van der Waals surface area contributed by atoms with Gasteiger partial charge in [0.2, 0.25) is 0 Å². The molecule has 0 saturated carbocycles. The van der Waals surface area contributed by atoms with Crippen LogP contribution >= 0.6 is 11.6 Å². The third-order valence-electron chi connectivity index (χ3n) is 3.56. The second-order valence-corrected chi connectivity index (χ2v) is 5.87. The van der Waals surface area contributed by atoms with Crippen molar-refractivity contribution in [1.29, 1.82) is 0 Å². The number of aryl methyl sites for hydroxylation is 1. The summed E-state index contributed by atoms with van der Waals surface area (Å²) in [5, 5.41) is 0.0711. The van der Waals surface area contributed by atoms with E-state index in [4.69, 9.17) is 16.0 Å². The molecule has 0 fully saturated rings. The Morgan fingerprint density at radius 2 is 1.76 bits per heavy atom. The average molecular weight is 300 g/mol. The van der Waals surface area contributed by atoms with E-state index in [-0.39, 0.29) is 5.38 Å². The van der Waals surface area contributed by atoms with Gasteiger partial charge in [0.15, 0.2) is 11.5 Å². The average Bonchev–Trinajstić information content (AvgIpc) is 2.90. The van der Waals surface area contributed by atoms with E-state index in [1.807, 2.05) is 30.3 Å². The Labute approximate surface area is 129 Å². The van der Waals surface area contributed by atoms with Crippen LogP contribution in [-0.2, 0) is 12.8 Å². The number of halogens is 1. The van der Waals surface area contributed by atoms with Gasteiger partial charge in [-0.1, -0.05) is 42.5 Å². The van der Waals surface area contributed by atoms with E-state index >= 15 is 0 Å². The van der Waals surface area contributed by atoms with Crippen LogP contribution in [0.5, 0.6) is 0 Å². The van der Waals surface area contributed by atoms with Crippen LogP contribution in [0.15, 0.2) is 59.0 Å². The maximum Gasteiger partial charge on any atom is 0.196 e. The molecule has 1 aromatic heterocycles. The highest BCUT2D eigenvalue weighted by atomic mass is 35.5. The molecule has 3 rings (SSSR count). The third kappa shape index (κ3) is 3.85. The van der Waals surface area contributed by atoms with E-state index < -0.39 is 0 Å². The molecule has 1 unspecified atom stereocenters. The summed E-state index contributed by atoms with van der Waals surface area (Å²) in [7, 11) is 0. The lowest BCUT2D eigenvalue weighted by atomic mass is 10.1. The minimum absolute atomic E-state index is 0.0711. The summed E-state index contributed by atoms with van der Waals surface area (Å²) in [5.74, 6) is 0.732. The van der Waals surface area contributed by atoms with Gasteiger partial charge in [0.05, 0.1) is 0 Å². The third-order valence-corrected chi connectivity index (χ3v) is 3.93. The summed E-state index contributed by atoms with van der Waals surface area (Å²) < 4.78 is 5.71. The van der Waals surface area contributed by atoms with Gasteiger partial charge >= 0.3 is 0 Å². The van der Waals surface area contributed by atoms with Crippen molar-refractivity contribution in [2.75, 3.05) is 0 Å². The summed E-state index contributed by atoms with van der Waals surface area (Å²) in [6.45, 7) is 0. The number of fused-ring (bicyclic) bond motifs is 1. The van der Waals surface area contributed by atoms with Gasteiger partial charge in [-0.05, 0) is 37.0 Å². The highest BCUT2D eigenvalue weighted by molar-refractivity contribution is 6.20. The minimum atomic E-state index is 0.0711. The number of oxazole rings is 1. The smallest absolute Gasteiger partial charge is 0.196 e. The van der Waals surface area contributed by atoms with Crippen molar-refractivity contribution in [3.05, 3.63) is 66.1 Å². The van der Waals surface area contributed by atoms with Gasteiger partial charge in [-0.2, -0.15) is 0 Å². The van der Waals surface area contributed by atoms with Gasteiger partial charge in [-0.25, -0.2) is 4.98 Å². The lowest BCUT2D eigenvalue weighted by Gasteiger charge is -2.06. The molecule has 21 heavy (non-hydrogen) atoms. The number of para-hydroxylation sites is 2. The predicted octanol–water partition coefficient (Wildman–Crippen LogP) is 5.00. The standard InChI is InChI=1S/C18H18ClNO/c19-15(10-6-9-14-7-2-1-3-8-14)13-18-20-16-11-4-5-12-17(16)21-18/h1-5,7-8,11-12,15H,6,9-10,13H2. The fourth-order valence-corrected chi connectivity index (χ4v) is 2.76. The Morgan fingerprint density at radius 3 is 2.57 bits per heavy atom. The molecule has 0 radical (unpaired) electrons. The fraction of sp³-hybridized carbons (Fsp3) is 0.278. The van der Waals surface area contributed by atoms with E-state index in [1.165, 1.54) is 5.56 Å². The molecule has 3 aromatic rings. The Hall–Kier alpha value is -1.80. The molecule has 2 nitrogen and oxygen atoms in total. The first-order valence-corrected chi connectivity index (χ1v) is 7.77. The van der Waals surface area contributed by atoms with Crippen LogP contribution in [0.2, 0.25) is 0 Å². The summed E-state index contributed by atoms with van der Waals surface area (Å²) in [5.41, 5.74) is 3.10. The molecule has 1 heterocycles. The molecule has 0 saturated heterocycles. The van der Waals surface area contributed by atoms with Crippen molar-refractivity contribution in [2.45, 2.75) is 31.1 Å². The van der Waals surface area contributed by atoms with E-state index in [2.05, 4.69) is 29.2 Å². The lowest BCUT2D eigenvalue weighted by Crippen LogP contribution is -2.04. The fourth-order valence-electron chi connectivity index (χ4n) is 2.47. The molecule has 1 atom stereocenters. The Balaban J connectivity index is 1.50. The maximum absolute atomic E-state index is 6.41. The quantitative estimate of drug-likeness (QED) is 0.599. The topological polar surface area (TPSA) is 26.0 Å². The summed E-state index contributed by atoms with van der Waals surface area (Å²) in [6.07, 6.45) is 3.80. The molecule has 0 spiro atoms. The Morgan fingerprint density at radius 1 is 1.00 bits per heavy atom. The zero-order valence-corrected chi connectivity index (χ0v) is 12.6. The molecule has 0 aliphatic carbocycles. The summed E-state index contributed by atoms with van der Waals surface area (Å²) >= 11 is 6.41. The van der Waals surface area contributed by atoms with Gasteiger partial charge in [-0.15, -0.1) is 11.6 Å². The molecule has 3 heteroatoms. The number of hydrogen-bond acceptors (Lipinski definition) is 2. The first-order chi connectivity index (χ1) is 10.3. The van der Waals surface area contributed by atoms with Crippen LogP contribution in [-0.4, -0.2) is 10.4 Å². The van der Waals surface area contributed by atoms with Crippen LogP contribution in [0.25, 0.3) is 11.1 Å². The van der Waals surface area contributed by atoms with Gasteiger partial charge in [0.1, 0.15) is 5.52 Å². The molecule has 0 amide bonds. The van der Waals surface area contributed by atoms with Crippen molar-refractivity contribution in [3.8, 4) is 0 Å². The van der Waals surface area contributed by atoms with E-state index in [1.54, 1.807) is 0 Å². The highest BCUT2D eigenvalue weighted by Crippen LogP contribution is 2.19. The summed E-state index contributed by atoms with van der Waals surface area (Å²) in [4.78, 5) is 4.47. The minimum Gasteiger partial charge on any atom is -0.441 e. The zero-order chi connectivity index (χ0) is 14.5. The zero-order valence-electron chi connectivity index (χ0n) is 11.8. The molecule has 0 aliphatic rings. The van der Waals surface area contributed by atoms with Gasteiger partial charge in [0, 0.05) is 11.8 Å². The van der Waals surface area contributed by atoms with Crippen molar-refractivity contribution < 1.29 is 4.42 Å². The summed E-state index contributed by atoms with van der Waals surface area (Å²) in [6, 6.07) is 18.3. The van der Waals surface area contributed by atoms with Crippen molar-refractivity contribution in [2.24, 2.45) is 0 Å². The number of alkyl halides is 1. The molecular weight excluding hydrogens is 282 g/mol. The van der Waals surface area contributed by atoms with Crippen LogP contribution in [0.1, 0.15) is 24.3 Å². The molecular formula is C18H18ClNO. The van der Waals surface area contributed by atoms with Crippen molar-refractivity contribution in [1.82, 2.24) is 4.98 Å². The van der Waals surface area contributed by atoms with Crippen LogP contribution in [0.3, 0.4) is 0 Å². The van der Waals surface area contributed by atoms with E-state index in [0.717, 1.165) is 36.3 Å². The predicted molar refractivity (Wildman–Crippen MR) is 86.7 cm³/mol. The Bertz CT molecular complexity index is 660. The van der Waals surface area contributed by atoms with Crippen molar-refractivity contribution >= 4 is 22.7 Å². The number of benzene rings is 2. The van der Waals surface area contributed by atoms with E-state index in [9.17, 15) is 0 Å².